The maximum absolute atomic E-state index is 6.11. The zero-order chi connectivity index (χ0) is 13.7. The molecule has 106 valence electrons. The number of hydrogen-bond acceptors (Lipinski definition) is 4. The van der Waals surface area contributed by atoms with Crippen molar-refractivity contribution < 1.29 is 4.74 Å². The number of anilines is 1. The normalized spacial score (nSPS) is 21.3. The average Bonchev–Trinajstić information content (AvgIpc) is 2.43. The molecule has 0 aliphatic carbocycles. The first-order chi connectivity index (χ1) is 9.24. The highest BCUT2D eigenvalue weighted by Gasteiger charge is 2.28. The first kappa shape index (κ1) is 14.3. The Morgan fingerprint density at radius 1 is 1.58 bits per heavy atom. The van der Waals surface area contributed by atoms with Crippen LogP contribution in [0.5, 0.6) is 0 Å². The van der Waals surface area contributed by atoms with Crippen molar-refractivity contribution in [2.24, 2.45) is 5.92 Å². The Morgan fingerprint density at radius 3 is 3.05 bits per heavy atom. The van der Waals surface area contributed by atoms with Crippen molar-refractivity contribution in [2.45, 2.75) is 39.2 Å². The van der Waals surface area contributed by atoms with Crippen LogP contribution < -0.4 is 11.1 Å². The second-order valence-corrected chi connectivity index (χ2v) is 5.34. The van der Waals surface area contributed by atoms with Crippen molar-refractivity contribution in [3.05, 3.63) is 23.4 Å². The van der Waals surface area contributed by atoms with Gasteiger partial charge in [-0.2, -0.15) is 0 Å². The van der Waals surface area contributed by atoms with E-state index in [9.17, 15) is 0 Å². The molecule has 0 radical (unpaired) electrons. The summed E-state index contributed by atoms with van der Waals surface area (Å²) in [7, 11) is 0. The first-order valence-corrected chi connectivity index (χ1v) is 7.26. The van der Waals surface area contributed by atoms with Gasteiger partial charge in [0.25, 0.3) is 0 Å². The number of rotatable bonds is 5. The Labute approximate surface area is 115 Å². The van der Waals surface area contributed by atoms with Crippen molar-refractivity contribution in [2.75, 3.05) is 25.5 Å². The van der Waals surface area contributed by atoms with Crippen LogP contribution >= 0.6 is 0 Å². The fourth-order valence-electron chi connectivity index (χ4n) is 2.83. The summed E-state index contributed by atoms with van der Waals surface area (Å²) in [5, 5.41) is 3.64. The lowest BCUT2D eigenvalue weighted by molar-refractivity contribution is 0.0390. The standard InChI is InChI=1S/C15H25N3O/c1-3-7-17-14(12-5-4-9-19-10-12)13-11(2)6-8-18-15(13)16/h6,8,12,14,17H,3-5,7,9-10H2,1-2H3,(H2,16,18). The monoisotopic (exact) mass is 263 g/mol. The molecule has 0 bridgehead atoms. The van der Waals surface area contributed by atoms with Gasteiger partial charge in [0.05, 0.1) is 6.61 Å². The van der Waals surface area contributed by atoms with Gasteiger partial charge in [-0.15, -0.1) is 0 Å². The minimum atomic E-state index is 0.258. The molecule has 2 rings (SSSR count). The van der Waals surface area contributed by atoms with E-state index in [1.54, 1.807) is 6.20 Å². The molecular formula is C15H25N3O. The number of nitrogens with one attached hydrogen (secondary N) is 1. The van der Waals surface area contributed by atoms with Crippen LogP contribution in [0.25, 0.3) is 0 Å². The van der Waals surface area contributed by atoms with Gasteiger partial charge in [-0.05, 0) is 44.4 Å². The summed E-state index contributed by atoms with van der Waals surface area (Å²) in [4.78, 5) is 4.26. The molecule has 1 aromatic rings. The molecular weight excluding hydrogens is 238 g/mol. The molecule has 0 spiro atoms. The molecule has 2 unspecified atom stereocenters. The summed E-state index contributed by atoms with van der Waals surface area (Å²) >= 11 is 0. The SMILES string of the molecule is CCCNC(c1c(C)ccnc1N)C1CCCOC1. The second-order valence-electron chi connectivity index (χ2n) is 5.34. The lowest BCUT2D eigenvalue weighted by Crippen LogP contribution is -2.35. The number of pyridine rings is 1. The maximum Gasteiger partial charge on any atom is 0.128 e. The fraction of sp³-hybridized carbons (Fsp3) is 0.667. The van der Waals surface area contributed by atoms with Crippen molar-refractivity contribution in [3.8, 4) is 0 Å². The second kappa shape index (κ2) is 6.87. The van der Waals surface area contributed by atoms with E-state index in [-0.39, 0.29) is 6.04 Å². The largest absolute Gasteiger partial charge is 0.383 e. The molecule has 3 N–H and O–H groups in total. The average molecular weight is 263 g/mol. The lowest BCUT2D eigenvalue weighted by Gasteiger charge is -2.32. The molecule has 1 aliphatic rings. The van der Waals surface area contributed by atoms with Crippen LogP contribution in [-0.4, -0.2) is 24.7 Å². The summed E-state index contributed by atoms with van der Waals surface area (Å²) in [6.45, 7) is 6.99. The van der Waals surface area contributed by atoms with Crippen LogP contribution in [0.2, 0.25) is 0 Å². The van der Waals surface area contributed by atoms with E-state index in [0.717, 1.165) is 38.2 Å². The Morgan fingerprint density at radius 2 is 2.42 bits per heavy atom. The minimum absolute atomic E-state index is 0.258. The molecule has 0 aromatic carbocycles. The summed E-state index contributed by atoms with van der Waals surface area (Å²) in [5.74, 6) is 1.14. The molecule has 1 aromatic heterocycles. The van der Waals surface area contributed by atoms with Crippen molar-refractivity contribution in [1.82, 2.24) is 10.3 Å². The molecule has 0 amide bonds. The van der Waals surface area contributed by atoms with Gasteiger partial charge in [0.2, 0.25) is 0 Å². The number of nitrogens with zero attached hydrogens (tertiary/aromatic N) is 1. The van der Waals surface area contributed by atoms with Gasteiger partial charge >= 0.3 is 0 Å². The summed E-state index contributed by atoms with van der Waals surface area (Å²) in [6, 6.07) is 2.30. The Hall–Kier alpha value is -1.13. The molecule has 1 saturated heterocycles. The topological polar surface area (TPSA) is 60.2 Å². The van der Waals surface area contributed by atoms with Gasteiger partial charge in [0.1, 0.15) is 5.82 Å². The highest BCUT2D eigenvalue weighted by Crippen LogP contribution is 2.33. The molecule has 1 fully saturated rings. The Kier molecular flexibility index (Phi) is 5.16. The van der Waals surface area contributed by atoms with Gasteiger partial charge in [0, 0.05) is 30.3 Å². The Balaban J connectivity index is 2.25. The number of aryl methyl sites for hydroxylation is 1. The number of nitrogen functional groups attached to an aromatic ring is 1. The predicted octanol–water partition coefficient (Wildman–Crippen LogP) is 2.44. The van der Waals surface area contributed by atoms with Gasteiger partial charge in [-0.3, -0.25) is 0 Å². The number of aromatic nitrogens is 1. The molecule has 2 atom stereocenters. The van der Waals surface area contributed by atoms with Crippen molar-refractivity contribution in [1.29, 1.82) is 0 Å². The molecule has 1 aliphatic heterocycles. The van der Waals surface area contributed by atoms with E-state index >= 15 is 0 Å². The number of ether oxygens (including phenoxy) is 1. The van der Waals surface area contributed by atoms with Crippen LogP contribution in [0.3, 0.4) is 0 Å². The minimum Gasteiger partial charge on any atom is -0.383 e. The van der Waals surface area contributed by atoms with E-state index in [1.807, 2.05) is 6.07 Å². The van der Waals surface area contributed by atoms with Gasteiger partial charge in [-0.25, -0.2) is 4.98 Å². The van der Waals surface area contributed by atoms with Crippen LogP contribution in [0, 0.1) is 12.8 Å². The molecule has 19 heavy (non-hydrogen) atoms. The molecule has 4 nitrogen and oxygen atoms in total. The summed E-state index contributed by atoms with van der Waals surface area (Å²) in [6.07, 6.45) is 5.22. The first-order valence-electron chi connectivity index (χ1n) is 7.26. The van der Waals surface area contributed by atoms with Gasteiger partial charge < -0.3 is 15.8 Å². The zero-order valence-corrected chi connectivity index (χ0v) is 12.0. The lowest BCUT2D eigenvalue weighted by atomic mass is 9.87. The summed E-state index contributed by atoms with van der Waals surface area (Å²) < 4.78 is 5.64. The van der Waals surface area contributed by atoms with Gasteiger partial charge in [-0.1, -0.05) is 6.92 Å². The third kappa shape index (κ3) is 3.45. The predicted molar refractivity (Wildman–Crippen MR) is 78.0 cm³/mol. The van der Waals surface area contributed by atoms with Crippen LogP contribution in [0.15, 0.2) is 12.3 Å². The third-order valence-corrected chi connectivity index (χ3v) is 3.83. The molecule has 0 saturated carbocycles. The van der Waals surface area contributed by atoms with Crippen molar-refractivity contribution in [3.63, 3.8) is 0 Å². The zero-order valence-electron chi connectivity index (χ0n) is 12.0. The van der Waals surface area contributed by atoms with E-state index in [2.05, 4.69) is 24.1 Å². The summed E-state index contributed by atoms with van der Waals surface area (Å²) in [5.41, 5.74) is 8.48. The van der Waals surface area contributed by atoms with Gasteiger partial charge in [0.15, 0.2) is 0 Å². The third-order valence-electron chi connectivity index (χ3n) is 3.83. The quantitative estimate of drug-likeness (QED) is 0.856. The number of nitrogens with two attached hydrogens (primary N) is 1. The van der Waals surface area contributed by atoms with E-state index in [1.165, 1.54) is 12.0 Å². The molecule has 2 heterocycles. The van der Waals surface area contributed by atoms with Crippen LogP contribution in [0.4, 0.5) is 5.82 Å². The van der Waals surface area contributed by atoms with E-state index in [0.29, 0.717) is 11.7 Å². The number of hydrogen-bond donors (Lipinski definition) is 2. The highest BCUT2D eigenvalue weighted by molar-refractivity contribution is 5.46. The maximum atomic E-state index is 6.11. The highest BCUT2D eigenvalue weighted by atomic mass is 16.5. The van der Waals surface area contributed by atoms with Crippen LogP contribution in [0.1, 0.15) is 43.4 Å². The fourth-order valence-corrected chi connectivity index (χ4v) is 2.83. The van der Waals surface area contributed by atoms with Crippen molar-refractivity contribution >= 4 is 5.82 Å². The van der Waals surface area contributed by atoms with Crippen LogP contribution in [-0.2, 0) is 4.74 Å². The smallest absolute Gasteiger partial charge is 0.128 e. The van der Waals surface area contributed by atoms with E-state index < -0.39 is 0 Å². The van der Waals surface area contributed by atoms with E-state index in [4.69, 9.17) is 10.5 Å². The molecule has 4 heteroatoms. The Bertz CT molecular complexity index is 382.